The van der Waals surface area contributed by atoms with Gasteiger partial charge in [0.25, 0.3) is 0 Å². The second-order valence-electron chi connectivity index (χ2n) is 3.89. The minimum Gasteiger partial charge on any atom is -0.303 e. The highest BCUT2D eigenvalue weighted by Gasteiger charge is 2.19. The van der Waals surface area contributed by atoms with Gasteiger partial charge in [-0.2, -0.15) is 17.0 Å². The molecule has 0 bridgehead atoms. The Kier molecular flexibility index (Phi) is 7.04. The fraction of sp³-hybridized carbons (Fsp3) is 0.909. The monoisotopic (exact) mass is 214 g/mol. The standard InChI is InChI=1S/C11H22N2S/c1-5-10(2)14-8-6-7-11(3,9-12)13-4/h10,13H,5-8H2,1-4H3. The third-order valence-electron chi connectivity index (χ3n) is 2.60. The molecule has 0 aliphatic rings. The fourth-order valence-electron chi connectivity index (χ4n) is 1.06. The number of nitrogens with zero attached hydrogens (tertiary/aromatic N) is 1. The Labute approximate surface area is 92.5 Å². The van der Waals surface area contributed by atoms with E-state index >= 15 is 0 Å². The smallest absolute Gasteiger partial charge is 0.103 e. The van der Waals surface area contributed by atoms with E-state index in [0.29, 0.717) is 0 Å². The number of thioether (sulfide) groups is 1. The van der Waals surface area contributed by atoms with E-state index in [1.54, 1.807) is 0 Å². The molecule has 0 saturated heterocycles. The lowest BCUT2D eigenvalue weighted by Crippen LogP contribution is -2.37. The molecular formula is C11H22N2S. The Hall–Kier alpha value is -0.200. The SMILES string of the molecule is CCC(C)SCCCC(C)(C#N)NC. The van der Waals surface area contributed by atoms with Gasteiger partial charge in [0.2, 0.25) is 0 Å². The van der Waals surface area contributed by atoms with Gasteiger partial charge in [0.05, 0.1) is 6.07 Å². The minimum absolute atomic E-state index is 0.337. The molecule has 0 spiro atoms. The van der Waals surface area contributed by atoms with E-state index in [-0.39, 0.29) is 5.54 Å². The molecule has 82 valence electrons. The summed E-state index contributed by atoms with van der Waals surface area (Å²) in [4.78, 5) is 0. The van der Waals surface area contributed by atoms with E-state index in [9.17, 15) is 0 Å². The van der Waals surface area contributed by atoms with Crippen molar-refractivity contribution < 1.29 is 0 Å². The van der Waals surface area contributed by atoms with Crippen LogP contribution in [-0.4, -0.2) is 23.6 Å². The molecule has 0 saturated carbocycles. The van der Waals surface area contributed by atoms with Crippen molar-refractivity contribution in [1.29, 1.82) is 5.26 Å². The fourth-order valence-corrected chi connectivity index (χ4v) is 2.01. The summed E-state index contributed by atoms with van der Waals surface area (Å²) in [7, 11) is 1.85. The van der Waals surface area contributed by atoms with Crippen molar-refractivity contribution >= 4 is 11.8 Å². The Morgan fingerprint density at radius 1 is 1.57 bits per heavy atom. The highest BCUT2D eigenvalue weighted by Crippen LogP contribution is 2.18. The van der Waals surface area contributed by atoms with Crippen LogP contribution in [0.15, 0.2) is 0 Å². The van der Waals surface area contributed by atoms with Crippen LogP contribution in [0, 0.1) is 11.3 Å². The maximum absolute atomic E-state index is 8.92. The molecule has 2 atom stereocenters. The second kappa shape index (κ2) is 7.14. The molecule has 0 radical (unpaired) electrons. The average Bonchev–Trinajstić information content (AvgIpc) is 2.23. The molecule has 0 fully saturated rings. The van der Waals surface area contributed by atoms with Gasteiger partial charge in [-0.05, 0) is 39.0 Å². The van der Waals surface area contributed by atoms with Crippen LogP contribution in [-0.2, 0) is 0 Å². The summed E-state index contributed by atoms with van der Waals surface area (Å²) < 4.78 is 0. The minimum atomic E-state index is -0.337. The lowest BCUT2D eigenvalue weighted by molar-refractivity contribution is 0.451. The van der Waals surface area contributed by atoms with Crippen molar-refractivity contribution in [1.82, 2.24) is 5.32 Å². The highest BCUT2D eigenvalue weighted by atomic mass is 32.2. The molecule has 0 aromatic heterocycles. The molecule has 3 heteroatoms. The van der Waals surface area contributed by atoms with Crippen molar-refractivity contribution in [3.05, 3.63) is 0 Å². The lowest BCUT2D eigenvalue weighted by atomic mass is 9.99. The normalized spacial score (nSPS) is 17.1. The summed E-state index contributed by atoms with van der Waals surface area (Å²) in [5.74, 6) is 1.16. The predicted molar refractivity (Wildman–Crippen MR) is 64.5 cm³/mol. The molecular weight excluding hydrogens is 192 g/mol. The van der Waals surface area contributed by atoms with Crippen LogP contribution in [0.3, 0.4) is 0 Å². The highest BCUT2D eigenvalue weighted by molar-refractivity contribution is 7.99. The Bertz CT molecular complexity index is 188. The van der Waals surface area contributed by atoms with Gasteiger partial charge in [-0.25, -0.2) is 0 Å². The third-order valence-corrected chi connectivity index (χ3v) is 4.02. The molecule has 0 aromatic carbocycles. The lowest BCUT2D eigenvalue weighted by Gasteiger charge is -2.20. The van der Waals surface area contributed by atoms with E-state index in [4.69, 9.17) is 5.26 Å². The van der Waals surface area contributed by atoms with Crippen LogP contribution in [0.5, 0.6) is 0 Å². The van der Waals surface area contributed by atoms with Crippen LogP contribution in [0.4, 0.5) is 0 Å². The largest absolute Gasteiger partial charge is 0.303 e. The first-order chi connectivity index (χ1) is 6.58. The van der Waals surface area contributed by atoms with Crippen molar-refractivity contribution in [3.63, 3.8) is 0 Å². The molecule has 0 rings (SSSR count). The maximum atomic E-state index is 8.92. The van der Waals surface area contributed by atoms with Crippen LogP contribution in [0.2, 0.25) is 0 Å². The van der Waals surface area contributed by atoms with Gasteiger partial charge in [0.1, 0.15) is 5.54 Å². The zero-order valence-electron chi connectivity index (χ0n) is 9.76. The number of hydrogen-bond acceptors (Lipinski definition) is 3. The first kappa shape index (κ1) is 13.8. The second-order valence-corrected chi connectivity index (χ2v) is 5.43. The van der Waals surface area contributed by atoms with E-state index < -0.39 is 0 Å². The summed E-state index contributed by atoms with van der Waals surface area (Å²) in [6.45, 7) is 6.43. The molecule has 0 aliphatic carbocycles. The summed E-state index contributed by atoms with van der Waals surface area (Å²) in [6, 6.07) is 2.31. The molecule has 2 nitrogen and oxygen atoms in total. The van der Waals surface area contributed by atoms with Gasteiger partial charge in [0.15, 0.2) is 0 Å². The molecule has 14 heavy (non-hydrogen) atoms. The van der Waals surface area contributed by atoms with E-state index in [0.717, 1.165) is 23.8 Å². The summed E-state index contributed by atoms with van der Waals surface area (Å²) >= 11 is 2.00. The molecule has 0 aliphatic heterocycles. The molecule has 1 N–H and O–H groups in total. The number of hydrogen-bond donors (Lipinski definition) is 1. The Morgan fingerprint density at radius 3 is 2.64 bits per heavy atom. The van der Waals surface area contributed by atoms with Crippen LogP contribution in [0.25, 0.3) is 0 Å². The zero-order chi connectivity index (χ0) is 11.0. The first-order valence-electron chi connectivity index (χ1n) is 5.29. The van der Waals surface area contributed by atoms with Gasteiger partial charge < -0.3 is 5.32 Å². The van der Waals surface area contributed by atoms with Crippen LogP contribution < -0.4 is 5.32 Å². The van der Waals surface area contributed by atoms with Crippen molar-refractivity contribution in [2.75, 3.05) is 12.8 Å². The predicted octanol–water partition coefficient (Wildman–Crippen LogP) is 2.80. The van der Waals surface area contributed by atoms with Gasteiger partial charge in [-0.15, -0.1) is 0 Å². The summed E-state index contributed by atoms with van der Waals surface area (Å²) in [6.07, 6.45) is 3.27. The summed E-state index contributed by atoms with van der Waals surface area (Å²) in [5.41, 5.74) is -0.337. The van der Waals surface area contributed by atoms with E-state index in [1.807, 2.05) is 25.7 Å². The summed E-state index contributed by atoms with van der Waals surface area (Å²) in [5, 5.41) is 12.7. The van der Waals surface area contributed by atoms with Crippen LogP contribution >= 0.6 is 11.8 Å². The third kappa shape index (κ3) is 5.51. The first-order valence-corrected chi connectivity index (χ1v) is 6.34. The van der Waals surface area contributed by atoms with Crippen molar-refractivity contribution in [2.24, 2.45) is 0 Å². The molecule has 0 amide bonds. The molecule has 0 heterocycles. The van der Waals surface area contributed by atoms with Crippen molar-refractivity contribution in [2.45, 2.75) is 50.8 Å². The maximum Gasteiger partial charge on any atom is 0.103 e. The van der Waals surface area contributed by atoms with E-state index in [1.165, 1.54) is 6.42 Å². The average molecular weight is 214 g/mol. The number of rotatable bonds is 7. The van der Waals surface area contributed by atoms with Crippen molar-refractivity contribution in [3.8, 4) is 6.07 Å². The molecule has 0 aromatic rings. The van der Waals surface area contributed by atoms with Gasteiger partial charge in [-0.3, -0.25) is 0 Å². The Balaban J connectivity index is 3.59. The zero-order valence-corrected chi connectivity index (χ0v) is 10.6. The molecule has 2 unspecified atom stereocenters. The van der Waals surface area contributed by atoms with E-state index in [2.05, 4.69) is 25.2 Å². The topological polar surface area (TPSA) is 35.8 Å². The van der Waals surface area contributed by atoms with Gasteiger partial charge in [-0.1, -0.05) is 13.8 Å². The number of nitrogens with one attached hydrogen (secondary N) is 1. The quantitative estimate of drug-likeness (QED) is 0.662. The Morgan fingerprint density at radius 2 is 2.21 bits per heavy atom. The van der Waals surface area contributed by atoms with Gasteiger partial charge >= 0.3 is 0 Å². The number of nitriles is 1. The van der Waals surface area contributed by atoms with Gasteiger partial charge in [0, 0.05) is 5.25 Å². The van der Waals surface area contributed by atoms with Crippen LogP contribution in [0.1, 0.15) is 40.0 Å².